The fourth-order valence-corrected chi connectivity index (χ4v) is 17.6. The van der Waals surface area contributed by atoms with Crippen molar-refractivity contribution in [2.75, 3.05) is 0 Å². The SMILES string of the molecule is C(=P(c1ccccc1)(c1ccccc1)c1ccccc1)[P+](c1ccccc1)(c1ccccc1)c1ccccc1.Cc1ccc(S(=O)(=O)[O-])cc1. The van der Waals surface area contributed by atoms with E-state index in [-0.39, 0.29) is 4.90 Å². The van der Waals surface area contributed by atoms with Crippen molar-refractivity contribution in [1.29, 1.82) is 0 Å². The Kier molecular flexibility index (Phi) is 11.1. The largest absolute Gasteiger partial charge is 0.744 e. The lowest BCUT2D eigenvalue weighted by Gasteiger charge is -2.33. The lowest BCUT2D eigenvalue weighted by atomic mass is 10.2. The Morgan fingerprint density at radius 1 is 0.440 bits per heavy atom. The van der Waals surface area contributed by atoms with Crippen molar-refractivity contribution in [1.82, 2.24) is 0 Å². The van der Waals surface area contributed by atoms with Crippen molar-refractivity contribution in [3.63, 3.8) is 0 Å². The molecule has 0 aromatic heterocycles. The molecule has 6 heteroatoms. The maximum atomic E-state index is 10.4. The molecule has 0 saturated carbocycles. The molecule has 7 aromatic rings. The van der Waals surface area contributed by atoms with Gasteiger partial charge in [0, 0.05) is 6.89 Å². The van der Waals surface area contributed by atoms with Crippen LogP contribution in [0, 0.1) is 6.92 Å². The van der Waals surface area contributed by atoms with Crippen LogP contribution in [0.5, 0.6) is 0 Å². The van der Waals surface area contributed by atoms with Crippen molar-refractivity contribution < 1.29 is 13.0 Å². The third-order valence-corrected chi connectivity index (χ3v) is 18.9. The normalized spacial score (nSPS) is 11.6. The second-order valence-corrected chi connectivity index (χ2v) is 20.1. The molecule has 7 aromatic carbocycles. The minimum Gasteiger partial charge on any atom is -0.744 e. The number of hydrogen-bond acceptors (Lipinski definition) is 3. The Bertz CT molecular complexity index is 2060. The predicted octanol–water partition coefficient (Wildman–Crippen LogP) is 7.63. The van der Waals surface area contributed by atoms with Gasteiger partial charge in [-0.3, -0.25) is 0 Å². The summed E-state index contributed by atoms with van der Waals surface area (Å²) in [5, 5.41) is 8.22. The van der Waals surface area contributed by atoms with Gasteiger partial charge in [-0.1, -0.05) is 163 Å². The standard InChI is InChI=1S/C37H31P2.C7H8O3S/c1-7-19-32(20-8-1)38(33-21-9-2-10-22-33,34-23-11-3-12-24-34)31-39(35-25-13-4-14-26-35,36-27-15-5-16-28-36)37-29-17-6-18-30-37;1-6-2-4-7(5-3-6)11(8,9)10/h1-31H;2-5H,1H3,(H,8,9,10)/q+1;/p-1. The highest BCUT2D eigenvalue weighted by molar-refractivity contribution is 8.18. The van der Waals surface area contributed by atoms with Crippen molar-refractivity contribution >= 4 is 61.6 Å². The fourth-order valence-electron chi connectivity index (χ4n) is 6.24. The van der Waals surface area contributed by atoms with E-state index in [0.717, 1.165) is 5.56 Å². The van der Waals surface area contributed by atoms with E-state index in [0.29, 0.717) is 0 Å². The molecule has 7 rings (SSSR count). The van der Waals surface area contributed by atoms with Gasteiger partial charge in [0.1, 0.15) is 33.3 Å². The monoisotopic (exact) mass is 708 g/mol. The van der Waals surface area contributed by atoms with Crippen molar-refractivity contribution in [3.05, 3.63) is 212 Å². The Morgan fingerprint density at radius 2 is 0.720 bits per heavy atom. The minimum atomic E-state index is -4.27. The van der Waals surface area contributed by atoms with E-state index in [4.69, 9.17) is 0 Å². The summed E-state index contributed by atoms with van der Waals surface area (Å²) in [7, 11) is -6.52. The minimum absolute atomic E-state index is 0.178. The van der Waals surface area contributed by atoms with Gasteiger partial charge in [0.2, 0.25) is 0 Å². The summed E-state index contributed by atoms with van der Waals surface area (Å²) in [6.45, 7) is -0.426. The zero-order chi connectivity index (χ0) is 34.9. The van der Waals surface area contributed by atoms with Gasteiger partial charge in [0.25, 0.3) is 0 Å². The van der Waals surface area contributed by atoms with Gasteiger partial charge in [-0.05, 0) is 71.4 Å². The quantitative estimate of drug-likeness (QED) is 0.121. The van der Waals surface area contributed by atoms with E-state index in [2.05, 4.69) is 188 Å². The van der Waals surface area contributed by atoms with Crippen molar-refractivity contribution in [2.24, 2.45) is 0 Å². The summed E-state index contributed by atoms with van der Waals surface area (Å²) < 4.78 is 31.2. The predicted molar refractivity (Wildman–Crippen MR) is 216 cm³/mol. The topological polar surface area (TPSA) is 57.2 Å². The Hall–Kier alpha value is -4.82. The van der Waals surface area contributed by atoms with E-state index in [9.17, 15) is 13.0 Å². The number of hydrogen-bond donors (Lipinski definition) is 0. The third-order valence-electron chi connectivity index (χ3n) is 8.64. The summed E-state index contributed by atoms with van der Waals surface area (Å²) in [6.07, 6.45) is 0. The van der Waals surface area contributed by atoms with E-state index in [1.165, 1.54) is 44.0 Å². The molecule has 0 aliphatic rings. The lowest BCUT2D eigenvalue weighted by molar-refractivity contribution is 0.463. The van der Waals surface area contributed by atoms with Gasteiger partial charge in [0.15, 0.2) is 0 Å². The Morgan fingerprint density at radius 3 is 1.00 bits per heavy atom. The highest BCUT2D eigenvalue weighted by atomic mass is 32.2. The highest BCUT2D eigenvalue weighted by Gasteiger charge is 2.47. The highest BCUT2D eigenvalue weighted by Crippen LogP contribution is 2.60. The van der Waals surface area contributed by atoms with E-state index < -0.39 is 24.3 Å². The van der Waals surface area contributed by atoms with Crippen LogP contribution in [0.3, 0.4) is 0 Å². The summed E-state index contributed by atoms with van der Waals surface area (Å²) in [5.41, 5.74) is 3.75. The summed E-state index contributed by atoms with van der Waals surface area (Å²) >= 11 is 0. The molecule has 0 aliphatic heterocycles. The van der Waals surface area contributed by atoms with Crippen LogP contribution < -0.4 is 31.8 Å². The molecule has 50 heavy (non-hydrogen) atoms. The molecule has 0 heterocycles. The molecule has 0 aliphatic carbocycles. The molecule has 0 fully saturated rings. The van der Waals surface area contributed by atoms with Gasteiger partial charge in [-0.15, -0.1) is 0 Å². The van der Waals surface area contributed by atoms with Crippen molar-refractivity contribution in [2.45, 2.75) is 11.8 Å². The van der Waals surface area contributed by atoms with E-state index >= 15 is 0 Å². The smallest absolute Gasteiger partial charge is 0.137 e. The van der Waals surface area contributed by atoms with Gasteiger partial charge < -0.3 is 4.55 Å². The molecule has 0 unspecified atom stereocenters. The van der Waals surface area contributed by atoms with Crippen LogP contribution in [-0.2, 0) is 10.1 Å². The van der Waals surface area contributed by atoms with Crippen LogP contribution >= 0.6 is 14.1 Å². The molecule has 0 saturated heterocycles. The van der Waals surface area contributed by atoms with Crippen LogP contribution in [0.1, 0.15) is 5.56 Å². The molecular weight excluding hydrogens is 670 g/mol. The lowest BCUT2D eigenvalue weighted by Crippen LogP contribution is -2.36. The zero-order valence-electron chi connectivity index (χ0n) is 27.7. The van der Waals surface area contributed by atoms with Gasteiger partial charge in [0.05, 0.1) is 10.4 Å². The molecule has 0 atom stereocenters. The second-order valence-electron chi connectivity index (χ2n) is 11.8. The van der Waals surface area contributed by atoms with Gasteiger partial charge in [-0.25, -0.2) is 8.42 Å². The van der Waals surface area contributed by atoms with Gasteiger partial charge >= 0.3 is 0 Å². The van der Waals surface area contributed by atoms with E-state index in [1.54, 1.807) is 12.1 Å². The van der Waals surface area contributed by atoms with Crippen molar-refractivity contribution in [3.8, 4) is 0 Å². The molecule has 0 radical (unpaired) electrons. The number of rotatable bonds is 8. The summed E-state index contributed by atoms with van der Waals surface area (Å²) in [4.78, 5) is -0.178. The third kappa shape index (κ3) is 7.50. The van der Waals surface area contributed by atoms with Crippen LogP contribution in [0.25, 0.3) is 0 Å². The fraction of sp³-hybridized carbons (Fsp3) is 0.0227. The molecule has 0 amide bonds. The molecule has 248 valence electrons. The first-order valence-corrected chi connectivity index (χ1v) is 21.5. The molecule has 0 spiro atoms. The molecular formula is C44H38O3P2S. The maximum Gasteiger partial charge on any atom is 0.137 e. The maximum absolute atomic E-state index is 10.4. The average Bonchev–Trinajstić information content (AvgIpc) is 3.18. The Balaban J connectivity index is 0.000000336. The molecule has 3 nitrogen and oxygen atoms in total. The molecule has 0 N–H and O–H groups in total. The zero-order valence-corrected chi connectivity index (χ0v) is 30.3. The van der Waals surface area contributed by atoms with Crippen LogP contribution in [0.15, 0.2) is 211 Å². The van der Waals surface area contributed by atoms with Gasteiger partial charge in [-0.2, -0.15) is 0 Å². The Labute approximate surface area is 297 Å². The van der Waals surface area contributed by atoms with Crippen LogP contribution in [0.2, 0.25) is 0 Å². The second kappa shape index (κ2) is 15.8. The first-order chi connectivity index (χ1) is 24.3. The first kappa shape index (κ1) is 35.0. The number of benzene rings is 7. The summed E-state index contributed by atoms with van der Waals surface area (Å²) in [5.74, 6) is 0. The van der Waals surface area contributed by atoms with Crippen LogP contribution in [0.4, 0.5) is 0 Å². The first-order valence-electron chi connectivity index (χ1n) is 16.3. The average molecular weight is 709 g/mol. The van der Waals surface area contributed by atoms with Crippen LogP contribution in [-0.4, -0.2) is 18.5 Å². The number of aryl methyl sites for hydroxylation is 1. The molecule has 0 bridgehead atoms. The summed E-state index contributed by atoms with van der Waals surface area (Å²) in [6, 6.07) is 72.8. The van der Waals surface area contributed by atoms with E-state index in [1.807, 2.05) is 6.92 Å².